The second-order valence-corrected chi connectivity index (χ2v) is 7.80. The molecule has 4 nitrogen and oxygen atoms in total. The highest BCUT2D eigenvalue weighted by Crippen LogP contribution is 2.36. The van der Waals surface area contributed by atoms with Crippen molar-refractivity contribution < 1.29 is 14.6 Å². The minimum absolute atomic E-state index is 0.107. The van der Waals surface area contributed by atoms with Crippen LogP contribution in [-0.4, -0.2) is 17.6 Å². The molecule has 26 heavy (non-hydrogen) atoms. The summed E-state index contributed by atoms with van der Waals surface area (Å²) < 4.78 is 7.66. The average molecular weight is 485 g/mol. The Labute approximate surface area is 171 Å². The van der Waals surface area contributed by atoms with Crippen LogP contribution in [0.3, 0.4) is 0 Å². The number of aliphatic carboxylic acids is 1. The first-order valence-electron chi connectivity index (χ1n) is 8.57. The van der Waals surface area contributed by atoms with Crippen LogP contribution in [0.15, 0.2) is 39.3 Å². The normalized spacial score (nSPS) is 10.6. The molecule has 0 heterocycles. The third-order valence-corrected chi connectivity index (χ3v) is 5.25. The fourth-order valence-electron chi connectivity index (χ4n) is 2.59. The van der Waals surface area contributed by atoms with E-state index in [9.17, 15) is 4.79 Å². The number of carbonyl (C=O) groups is 1. The van der Waals surface area contributed by atoms with E-state index in [1.165, 1.54) is 5.56 Å². The van der Waals surface area contributed by atoms with Crippen LogP contribution in [0.2, 0.25) is 0 Å². The number of aryl methyl sites for hydroxylation is 1. The molecule has 0 aromatic heterocycles. The zero-order chi connectivity index (χ0) is 19.1. The molecule has 2 aromatic carbocycles. The summed E-state index contributed by atoms with van der Waals surface area (Å²) in [5.41, 5.74) is 4.39. The van der Waals surface area contributed by atoms with Gasteiger partial charge in [-0.2, -0.15) is 0 Å². The number of benzene rings is 2. The van der Waals surface area contributed by atoms with Gasteiger partial charge in [0.05, 0.1) is 8.95 Å². The zero-order valence-corrected chi connectivity index (χ0v) is 18.1. The number of halogens is 2. The first-order chi connectivity index (χ1) is 12.4. The van der Waals surface area contributed by atoms with Crippen LogP contribution >= 0.6 is 31.9 Å². The molecule has 0 aliphatic heterocycles. The SMILES string of the molecule is CCCNc1cccc(COc2c(Br)cc(CCC(=O)O)cc2Br)c1C. The molecule has 0 radical (unpaired) electrons. The molecule has 2 rings (SSSR count). The molecule has 0 bridgehead atoms. The molecule has 0 fully saturated rings. The summed E-state index contributed by atoms with van der Waals surface area (Å²) in [5.74, 6) is -0.0833. The van der Waals surface area contributed by atoms with Crippen molar-refractivity contribution in [1.82, 2.24) is 0 Å². The molecule has 0 amide bonds. The smallest absolute Gasteiger partial charge is 0.303 e. The number of rotatable bonds is 9. The maximum Gasteiger partial charge on any atom is 0.303 e. The second kappa shape index (κ2) is 9.97. The van der Waals surface area contributed by atoms with Crippen LogP contribution in [0.5, 0.6) is 5.75 Å². The standard InChI is InChI=1S/C20H23Br2NO3/c1-3-9-23-18-6-4-5-15(13(18)2)12-26-20-16(21)10-14(11-17(20)22)7-8-19(24)25/h4-6,10-11,23H,3,7-9,12H2,1-2H3,(H,24,25). The fourth-order valence-corrected chi connectivity index (χ4v) is 4.10. The van der Waals surface area contributed by atoms with Crippen molar-refractivity contribution in [2.24, 2.45) is 0 Å². The molecule has 0 saturated carbocycles. The van der Waals surface area contributed by atoms with Crippen molar-refractivity contribution in [3.05, 3.63) is 56.0 Å². The summed E-state index contributed by atoms with van der Waals surface area (Å²) in [6.07, 6.45) is 1.67. The van der Waals surface area contributed by atoms with Crippen molar-refractivity contribution in [3.8, 4) is 5.75 Å². The van der Waals surface area contributed by atoms with Gasteiger partial charge >= 0.3 is 5.97 Å². The molecule has 0 aliphatic carbocycles. The van der Waals surface area contributed by atoms with E-state index < -0.39 is 5.97 Å². The number of nitrogens with one attached hydrogen (secondary N) is 1. The Hall–Kier alpha value is -1.53. The van der Waals surface area contributed by atoms with Gasteiger partial charge in [-0.3, -0.25) is 4.79 Å². The van der Waals surface area contributed by atoms with Gasteiger partial charge in [0.25, 0.3) is 0 Å². The van der Waals surface area contributed by atoms with Gasteiger partial charge in [-0.1, -0.05) is 19.1 Å². The molecule has 0 spiro atoms. The predicted molar refractivity (Wildman–Crippen MR) is 112 cm³/mol. The summed E-state index contributed by atoms with van der Waals surface area (Å²) in [7, 11) is 0. The summed E-state index contributed by atoms with van der Waals surface area (Å²) in [4.78, 5) is 10.7. The first-order valence-corrected chi connectivity index (χ1v) is 10.2. The largest absolute Gasteiger partial charge is 0.487 e. The van der Waals surface area contributed by atoms with Gasteiger partial charge in [0.2, 0.25) is 0 Å². The van der Waals surface area contributed by atoms with Gasteiger partial charge in [0.1, 0.15) is 12.4 Å². The number of ether oxygens (including phenoxy) is 1. The Kier molecular flexibility index (Phi) is 7.97. The summed E-state index contributed by atoms with van der Waals surface area (Å²) in [6, 6.07) is 10.0. The zero-order valence-electron chi connectivity index (χ0n) is 14.9. The van der Waals surface area contributed by atoms with Gasteiger partial charge in [-0.25, -0.2) is 0 Å². The quantitative estimate of drug-likeness (QED) is 0.462. The molecular formula is C20H23Br2NO3. The number of carboxylic acids is 1. The van der Waals surface area contributed by atoms with E-state index in [1.807, 2.05) is 18.2 Å². The maximum absolute atomic E-state index is 10.7. The Morgan fingerprint density at radius 2 is 1.92 bits per heavy atom. The molecule has 0 saturated heterocycles. The third-order valence-electron chi connectivity index (χ3n) is 4.07. The van der Waals surface area contributed by atoms with Crippen molar-refractivity contribution in [2.75, 3.05) is 11.9 Å². The van der Waals surface area contributed by atoms with Crippen LogP contribution in [-0.2, 0) is 17.8 Å². The van der Waals surface area contributed by atoms with Crippen molar-refractivity contribution in [1.29, 1.82) is 0 Å². The van der Waals surface area contributed by atoms with Crippen LogP contribution < -0.4 is 10.1 Å². The lowest BCUT2D eigenvalue weighted by atomic mass is 10.1. The van der Waals surface area contributed by atoms with E-state index in [0.29, 0.717) is 13.0 Å². The molecule has 6 heteroatoms. The van der Waals surface area contributed by atoms with E-state index in [4.69, 9.17) is 9.84 Å². The van der Waals surface area contributed by atoms with Gasteiger partial charge in [-0.15, -0.1) is 0 Å². The lowest BCUT2D eigenvalue weighted by molar-refractivity contribution is -0.136. The Balaban J connectivity index is 2.11. The predicted octanol–water partition coefficient (Wildman–Crippen LogP) is 5.94. The van der Waals surface area contributed by atoms with Gasteiger partial charge in [0.15, 0.2) is 0 Å². The molecule has 0 unspecified atom stereocenters. The van der Waals surface area contributed by atoms with Gasteiger partial charge in [0, 0.05) is 18.7 Å². The third kappa shape index (κ3) is 5.74. The highest BCUT2D eigenvalue weighted by Gasteiger charge is 2.12. The van der Waals surface area contributed by atoms with Gasteiger partial charge in [-0.05, 0) is 86.5 Å². The topological polar surface area (TPSA) is 58.6 Å². The second-order valence-electron chi connectivity index (χ2n) is 6.09. The molecule has 2 N–H and O–H groups in total. The number of hydrogen-bond acceptors (Lipinski definition) is 3. The van der Waals surface area contributed by atoms with Gasteiger partial charge < -0.3 is 15.2 Å². The van der Waals surface area contributed by atoms with Crippen LogP contribution in [0.1, 0.15) is 36.5 Å². The van der Waals surface area contributed by atoms with Crippen LogP contribution in [0.25, 0.3) is 0 Å². The lowest BCUT2D eigenvalue weighted by Gasteiger charge is -2.16. The van der Waals surface area contributed by atoms with E-state index >= 15 is 0 Å². The number of carboxylic acid groups (broad SMARTS) is 1. The highest BCUT2D eigenvalue weighted by atomic mass is 79.9. The Morgan fingerprint density at radius 1 is 1.23 bits per heavy atom. The molecule has 0 atom stereocenters. The average Bonchev–Trinajstić information content (AvgIpc) is 2.59. The Morgan fingerprint density at radius 3 is 2.54 bits per heavy atom. The summed E-state index contributed by atoms with van der Waals surface area (Å²) in [5, 5.41) is 12.3. The van der Waals surface area contributed by atoms with E-state index in [0.717, 1.165) is 44.5 Å². The maximum atomic E-state index is 10.7. The van der Waals surface area contributed by atoms with E-state index in [-0.39, 0.29) is 6.42 Å². The van der Waals surface area contributed by atoms with Crippen molar-refractivity contribution >= 4 is 43.5 Å². The summed E-state index contributed by atoms with van der Waals surface area (Å²) >= 11 is 7.06. The molecule has 2 aromatic rings. The molecular weight excluding hydrogens is 462 g/mol. The van der Waals surface area contributed by atoms with Crippen molar-refractivity contribution in [3.63, 3.8) is 0 Å². The van der Waals surface area contributed by atoms with Crippen LogP contribution in [0, 0.1) is 6.92 Å². The molecule has 0 aliphatic rings. The Bertz CT molecular complexity index is 755. The fraction of sp³-hybridized carbons (Fsp3) is 0.350. The molecule has 140 valence electrons. The number of hydrogen-bond donors (Lipinski definition) is 2. The highest BCUT2D eigenvalue weighted by molar-refractivity contribution is 9.11. The minimum Gasteiger partial charge on any atom is -0.487 e. The summed E-state index contributed by atoms with van der Waals surface area (Å²) in [6.45, 7) is 5.64. The lowest BCUT2D eigenvalue weighted by Crippen LogP contribution is -2.05. The van der Waals surface area contributed by atoms with Crippen LogP contribution in [0.4, 0.5) is 5.69 Å². The van der Waals surface area contributed by atoms with E-state index in [2.05, 4.69) is 63.2 Å². The minimum atomic E-state index is -0.801. The number of anilines is 1. The van der Waals surface area contributed by atoms with E-state index in [1.54, 1.807) is 0 Å². The first kappa shape index (κ1) is 20.8. The van der Waals surface area contributed by atoms with Crippen molar-refractivity contribution in [2.45, 2.75) is 39.7 Å². The monoisotopic (exact) mass is 483 g/mol.